The van der Waals surface area contributed by atoms with E-state index in [0.717, 1.165) is 70.4 Å². The molecule has 0 atom stereocenters. The summed E-state index contributed by atoms with van der Waals surface area (Å²) in [7, 11) is 0. The SMILES string of the molecule is C/C(S)=c1/c(C)c2[n-]/c1=C\c1[n-]c(c(CCC(=O)O)c1C)/C=c1\[n-]/c(c(C)c1CCC(=O)O)=C\c1[n-]c(/c(=C(\C)S)c1C)=C\2.[Fe+4]. The Morgan fingerprint density at radius 1 is 0.578 bits per heavy atom. The molecule has 0 aromatic carbocycles. The second-order valence-corrected chi connectivity index (χ2v) is 12.6. The van der Waals surface area contributed by atoms with E-state index in [2.05, 4.69) is 0 Å². The van der Waals surface area contributed by atoms with E-state index in [1.54, 1.807) is 0 Å². The zero-order chi connectivity index (χ0) is 32.0. The Labute approximate surface area is 282 Å². The molecule has 0 unspecified atom stereocenters. The minimum atomic E-state index is -0.900. The maximum absolute atomic E-state index is 11.6. The molecule has 0 radical (unpaired) electrons. The molecule has 4 aromatic heterocycles. The van der Waals surface area contributed by atoms with E-state index in [1.165, 1.54) is 0 Å². The molecule has 0 saturated carbocycles. The van der Waals surface area contributed by atoms with Crippen molar-refractivity contribution in [2.24, 2.45) is 0 Å². The number of carboxylic acid groups (broad SMARTS) is 2. The topological polar surface area (TPSA) is 131 Å². The Morgan fingerprint density at radius 2 is 1.00 bits per heavy atom. The Hall–Kier alpha value is -3.50. The molecule has 0 fully saturated rings. The minimum absolute atomic E-state index is 0. The molecule has 1 aliphatic rings. The first-order valence-corrected chi connectivity index (χ1v) is 15.2. The number of aromatic nitrogens is 4. The first-order valence-electron chi connectivity index (χ1n) is 14.3. The van der Waals surface area contributed by atoms with Gasteiger partial charge in [-0.15, -0.1) is 69.4 Å². The van der Waals surface area contributed by atoms with Gasteiger partial charge in [0, 0.05) is 12.8 Å². The predicted molar refractivity (Wildman–Crippen MR) is 178 cm³/mol. The number of nitrogens with zero attached hydrogens (tertiary/aromatic N) is 4. The molecular formula is C34H34FeN4O4S2. The summed E-state index contributed by atoms with van der Waals surface area (Å²) in [5.41, 5.74) is 8.05. The number of thiol groups is 2. The van der Waals surface area contributed by atoms with Crippen LogP contribution in [-0.2, 0) is 39.5 Å². The normalized spacial score (nSPS) is 16.5. The van der Waals surface area contributed by atoms with Crippen LogP contribution in [0.2, 0.25) is 0 Å². The van der Waals surface area contributed by atoms with Gasteiger partial charge in [-0.1, -0.05) is 57.7 Å². The van der Waals surface area contributed by atoms with Gasteiger partial charge in [-0.3, -0.25) is 9.59 Å². The zero-order valence-electron chi connectivity index (χ0n) is 25.9. The van der Waals surface area contributed by atoms with Crippen LogP contribution in [0.1, 0.15) is 82.8 Å². The van der Waals surface area contributed by atoms with E-state index in [-0.39, 0.29) is 42.8 Å². The van der Waals surface area contributed by atoms with Gasteiger partial charge in [-0.05, 0) is 74.6 Å². The molecule has 4 aromatic rings. The van der Waals surface area contributed by atoms with E-state index >= 15 is 0 Å². The van der Waals surface area contributed by atoms with Gasteiger partial charge in [0.1, 0.15) is 0 Å². The number of rotatable bonds is 6. The third-order valence-electron chi connectivity index (χ3n) is 8.28. The summed E-state index contributed by atoms with van der Waals surface area (Å²) in [6.45, 7) is 11.8. The van der Waals surface area contributed by atoms with Crippen LogP contribution in [0, 0.1) is 27.7 Å². The van der Waals surface area contributed by atoms with E-state index in [0.29, 0.717) is 27.4 Å². The van der Waals surface area contributed by atoms with Crippen LogP contribution in [0.4, 0.5) is 0 Å². The Balaban J connectivity index is 0.00000461. The fourth-order valence-corrected chi connectivity index (χ4v) is 6.54. The molecule has 0 spiro atoms. The monoisotopic (exact) mass is 682 g/mol. The number of carbonyl (C=O) groups is 2. The predicted octanol–water partition coefficient (Wildman–Crippen LogP) is 0.525. The third-order valence-corrected chi connectivity index (χ3v) is 8.73. The van der Waals surface area contributed by atoms with Crippen molar-refractivity contribution < 1.29 is 36.9 Å². The van der Waals surface area contributed by atoms with E-state index in [9.17, 15) is 19.8 Å². The van der Waals surface area contributed by atoms with Crippen LogP contribution in [0.25, 0.3) is 34.1 Å². The summed E-state index contributed by atoms with van der Waals surface area (Å²) in [6, 6.07) is 0. The summed E-state index contributed by atoms with van der Waals surface area (Å²) in [5, 5.41) is 23.5. The van der Waals surface area contributed by atoms with Crippen LogP contribution in [0.3, 0.4) is 0 Å². The van der Waals surface area contributed by atoms with Gasteiger partial charge >= 0.3 is 29.0 Å². The Bertz CT molecular complexity index is 2220. The standard InChI is InChI=1S/C34H34N4O4S2.Fe/c1-15-21(7-9-31(39)40)27-14-28-22(8-10-32(41)42)16(2)24(36-28)12-29-34(20(6)44)18(4)26(38-29)13-30-33(19(5)43)17(3)25(37-30)11-23(15)35-27;/h11-14,43-44H,7-10H2,1-6H3,(H,39,40)(H,41,42);/q-4;+4/b23-11-,27-14-,29-12-,30-13-,33-19+,34-20+;. The van der Waals surface area contributed by atoms with Crippen molar-refractivity contribution in [3.63, 3.8) is 0 Å². The molecule has 5 heterocycles. The van der Waals surface area contributed by atoms with Crippen molar-refractivity contribution in [1.82, 2.24) is 19.9 Å². The second-order valence-electron chi connectivity index (χ2n) is 11.3. The van der Waals surface area contributed by atoms with Crippen molar-refractivity contribution in [3.8, 4) is 0 Å². The molecule has 0 aliphatic carbocycles. The molecule has 8 nitrogen and oxygen atoms in total. The number of carboxylic acids is 2. The molecule has 45 heavy (non-hydrogen) atoms. The van der Waals surface area contributed by atoms with Gasteiger partial charge < -0.3 is 30.1 Å². The molecule has 11 heteroatoms. The largest absolute Gasteiger partial charge is 4.00 e. The molecule has 1 aliphatic heterocycles. The first kappa shape index (κ1) is 34.4. The number of aliphatic carboxylic acids is 2. The van der Waals surface area contributed by atoms with Crippen molar-refractivity contribution in [3.05, 3.63) is 88.0 Å². The van der Waals surface area contributed by atoms with Gasteiger partial charge in [0.05, 0.1) is 0 Å². The Morgan fingerprint density at radius 3 is 1.47 bits per heavy atom. The first-order chi connectivity index (χ1) is 20.8. The summed E-state index contributed by atoms with van der Waals surface area (Å²) in [4.78, 5) is 44.7. The molecule has 234 valence electrons. The van der Waals surface area contributed by atoms with Gasteiger partial charge in [0.25, 0.3) is 0 Å². The van der Waals surface area contributed by atoms with E-state index in [4.69, 9.17) is 45.2 Å². The average molecular weight is 683 g/mol. The van der Waals surface area contributed by atoms with E-state index in [1.807, 2.05) is 65.8 Å². The molecule has 0 saturated heterocycles. The molecule has 0 amide bonds. The average Bonchev–Trinajstić information content (AvgIpc) is 3.59. The maximum atomic E-state index is 11.6. The summed E-state index contributed by atoms with van der Waals surface area (Å²) in [6.07, 6.45) is 8.13. The minimum Gasteiger partial charge on any atom is -0.657 e. The van der Waals surface area contributed by atoms with Crippen molar-refractivity contribution in [2.75, 3.05) is 0 Å². The fraction of sp³-hybridized carbons (Fsp3) is 0.294. The number of hydrogen-bond donors (Lipinski definition) is 4. The number of fused-ring (bicyclic) bond motifs is 8. The van der Waals surface area contributed by atoms with Gasteiger partial charge in [0.15, 0.2) is 0 Å². The fourth-order valence-electron chi connectivity index (χ4n) is 5.97. The molecule has 2 N–H and O–H groups in total. The second kappa shape index (κ2) is 13.5. The van der Waals surface area contributed by atoms with Crippen molar-refractivity contribution in [2.45, 2.75) is 67.2 Å². The van der Waals surface area contributed by atoms with Gasteiger partial charge in [-0.2, -0.15) is 0 Å². The summed E-state index contributed by atoms with van der Waals surface area (Å²) < 4.78 is 0. The van der Waals surface area contributed by atoms with Crippen molar-refractivity contribution >= 4 is 71.3 Å². The van der Waals surface area contributed by atoms with Crippen LogP contribution in [0.5, 0.6) is 0 Å². The van der Waals surface area contributed by atoms with Crippen LogP contribution < -0.4 is 51.8 Å². The van der Waals surface area contributed by atoms with Gasteiger partial charge in [-0.25, -0.2) is 0 Å². The van der Waals surface area contributed by atoms with Crippen molar-refractivity contribution in [1.29, 1.82) is 0 Å². The number of hydrogen-bond acceptors (Lipinski definition) is 4. The summed E-state index contributed by atoms with van der Waals surface area (Å²) >= 11 is 9.40. The maximum Gasteiger partial charge on any atom is 4.00 e. The Kier molecular flexibility index (Phi) is 10.3. The van der Waals surface area contributed by atoms with E-state index < -0.39 is 11.9 Å². The smallest absolute Gasteiger partial charge is 0.657 e. The third kappa shape index (κ3) is 6.72. The van der Waals surface area contributed by atoms with Crippen LogP contribution in [0.15, 0.2) is 0 Å². The summed E-state index contributed by atoms with van der Waals surface area (Å²) in [5.74, 6) is -1.80. The van der Waals surface area contributed by atoms with Gasteiger partial charge in [0.2, 0.25) is 0 Å². The molecule has 5 rings (SSSR count). The molecular weight excluding hydrogens is 648 g/mol. The molecule has 8 bridgehead atoms. The quantitative estimate of drug-likeness (QED) is 0.151. The van der Waals surface area contributed by atoms with Crippen LogP contribution >= 0.6 is 25.3 Å². The van der Waals surface area contributed by atoms with Crippen LogP contribution in [-0.4, -0.2) is 22.2 Å². The zero-order valence-corrected chi connectivity index (χ0v) is 28.8.